The fourth-order valence-electron chi connectivity index (χ4n) is 3.80. The summed E-state index contributed by atoms with van der Waals surface area (Å²) in [6, 6.07) is 13.6. The standard InChI is InChI=1S/C22H23N3O3S/c1-4-23-20(26)14-28-18-7-5-6-17(12-18)25(3)13-16-9-8-15(2)24(16)19-10-11-29-21(19)22(25)27/h5-12H,4,13-14H2,1-3H3/p+1. The zero-order chi connectivity index (χ0) is 20.6. The van der Waals surface area contributed by atoms with E-state index in [1.165, 1.54) is 11.3 Å². The van der Waals surface area contributed by atoms with Crippen LogP contribution in [0.25, 0.3) is 5.69 Å². The molecule has 3 aromatic rings. The molecule has 0 saturated carbocycles. The van der Waals surface area contributed by atoms with Crippen LogP contribution in [0.3, 0.4) is 0 Å². The highest BCUT2D eigenvalue weighted by Crippen LogP contribution is 2.37. The molecule has 2 amide bonds. The predicted molar refractivity (Wildman–Crippen MR) is 115 cm³/mol. The molecule has 0 saturated heterocycles. The zero-order valence-electron chi connectivity index (χ0n) is 16.8. The fraction of sp³-hybridized carbons (Fsp3) is 0.273. The summed E-state index contributed by atoms with van der Waals surface area (Å²) in [5.41, 5.74) is 3.97. The van der Waals surface area contributed by atoms with Crippen molar-refractivity contribution in [3.05, 3.63) is 64.1 Å². The third-order valence-corrected chi connectivity index (χ3v) is 6.19. The number of aryl methyl sites for hydroxylation is 1. The Balaban J connectivity index is 1.72. The quantitative estimate of drug-likeness (QED) is 0.653. The van der Waals surface area contributed by atoms with E-state index in [4.69, 9.17) is 4.74 Å². The van der Waals surface area contributed by atoms with Crippen molar-refractivity contribution in [2.24, 2.45) is 0 Å². The summed E-state index contributed by atoms with van der Waals surface area (Å²) < 4.78 is 7.93. The van der Waals surface area contributed by atoms with E-state index < -0.39 is 0 Å². The lowest BCUT2D eigenvalue weighted by Crippen LogP contribution is -2.49. The monoisotopic (exact) mass is 410 g/mol. The molecule has 29 heavy (non-hydrogen) atoms. The minimum atomic E-state index is -0.166. The predicted octanol–water partition coefficient (Wildman–Crippen LogP) is 3.65. The average Bonchev–Trinajstić information content (AvgIpc) is 3.30. The highest BCUT2D eigenvalue weighted by atomic mass is 32.1. The summed E-state index contributed by atoms with van der Waals surface area (Å²) in [4.78, 5) is 26.1. The maximum absolute atomic E-state index is 13.6. The number of nitrogens with zero attached hydrogens (tertiary/aromatic N) is 2. The number of likely N-dealkylation sites (N-methyl/N-ethyl adjacent to an activating group) is 1. The van der Waals surface area contributed by atoms with Crippen LogP contribution in [0, 0.1) is 6.92 Å². The Morgan fingerprint density at radius 2 is 2.10 bits per heavy atom. The van der Waals surface area contributed by atoms with Gasteiger partial charge in [-0.1, -0.05) is 6.07 Å². The molecule has 2 aromatic heterocycles. The lowest BCUT2D eigenvalue weighted by molar-refractivity contribution is -0.122. The summed E-state index contributed by atoms with van der Waals surface area (Å²) in [5.74, 6) is 0.461. The Morgan fingerprint density at radius 3 is 2.90 bits per heavy atom. The number of amides is 2. The highest BCUT2D eigenvalue weighted by Gasteiger charge is 2.42. The minimum absolute atomic E-state index is 0.0495. The molecule has 0 aliphatic carbocycles. The summed E-state index contributed by atoms with van der Waals surface area (Å²) in [7, 11) is 1.94. The van der Waals surface area contributed by atoms with Crippen LogP contribution in [0.5, 0.6) is 5.75 Å². The van der Waals surface area contributed by atoms with E-state index >= 15 is 0 Å². The van der Waals surface area contributed by atoms with E-state index in [1.54, 1.807) is 6.07 Å². The molecule has 0 fully saturated rings. The van der Waals surface area contributed by atoms with Crippen LogP contribution in [0.15, 0.2) is 47.8 Å². The molecule has 1 aliphatic rings. The van der Waals surface area contributed by atoms with E-state index in [0.717, 1.165) is 27.6 Å². The smallest absolute Gasteiger partial charge is 0.363 e. The van der Waals surface area contributed by atoms with Gasteiger partial charge in [-0.25, -0.2) is 9.28 Å². The highest BCUT2D eigenvalue weighted by molar-refractivity contribution is 7.12. The number of quaternary nitrogens is 1. The number of carbonyl (C=O) groups excluding carboxylic acids is 2. The first-order valence-corrected chi connectivity index (χ1v) is 10.5. The van der Waals surface area contributed by atoms with E-state index in [2.05, 4.69) is 28.9 Å². The summed E-state index contributed by atoms with van der Waals surface area (Å²) in [6.45, 7) is 4.97. The number of carbonyl (C=O) groups is 2. The largest absolute Gasteiger partial charge is 0.484 e. The van der Waals surface area contributed by atoms with Crippen LogP contribution in [0.1, 0.15) is 28.0 Å². The first-order chi connectivity index (χ1) is 13.9. The SMILES string of the molecule is CCNC(=O)COc1cccc([N+]2(C)Cc3ccc(C)n3-c3ccsc3C2=O)c1. The topological polar surface area (TPSA) is 60.3 Å². The second-order valence-corrected chi connectivity index (χ2v) is 8.25. The van der Waals surface area contributed by atoms with Gasteiger partial charge in [-0.3, -0.25) is 4.79 Å². The number of hydrogen-bond acceptors (Lipinski definition) is 4. The molecule has 1 aromatic carbocycles. The van der Waals surface area contributed by atoms with Gasteiger partial charge < -0.3 is 14.6 Å². The van der Waals surface area contributed by atoms with Crippen LogP contribution >= 0.6 is 11.3 Å². The maximum Gasteiger partial charge on any atom is 0.363 e. The zero-order valence-corrected chi connectivity index (χ0v) is 17.6. The summed E-state index contributed by atoms with van der Waals surface area (Å²) in [6.07, 6.45) is 0. The van der Waals surface area contributed by atoms with Crippen molar-refractivity contribution in [2.45, 2.75) is 20.4 Å². The van der Waals surface area contributed by atoms with Gasteiger partial charge in [0.2, 0.25) is 0 Å². The average molecular weight is 411 g/mol. The van der Waals surface area contributed by atoms with Gasteiger partial charge in [-0.05, 0) is 49.6 Å². The Labute approximate surface area is 173 Å². The Morgan fingerprint density at radius 1 is 1.28 bits per heavy atom. The lowest BCUT2D eigenvalue weighted by Gasteiger charge is -2.29. The van der Waals surface area contributed by atoms with Crippen molar-refractivity contribution in [3.8, 4) is 11.4 Å². The fourth-order valence-corrected chi connectivity index (χ4v) is 4.72. The number of aromatic nitrogens is 1. The van der Waals surface area contributed by atoms with Gasteiger partial charge in [-0.2, -0.15) is 0 Å². The van der Waals surface area contributed by atoms with Gasteiger partial charge >= 0.3 is 5.91 Å². The number of hydrogen-bond donors (Lipinski definition) is 1. The number of benzene rings is 1. The van der Waals surface area contributed by atoms with Gasteiger partial charge in [0.25, 0.3) is 5.91 Å². The Kier molecular flexibility index (Phi) is 5.02. The van der Waals surface area contributed by atoms with Gasteiger partial charge in [0, 0.05) is 18.3 Å². The number of rotatable bonds is 5. The Hall–Kier alpha value is -2.90. The first-order valence-electron chi connectivity index (χ1n) is 9.59. The van der Waals surface area contributed by atoms with Crippen LogP contribution < -0.4 is 14.5 Å². The molecule has 1 atom stereocenters. The second-order valence-electron chi connectivity index (χ2n) is 7.33. The van der Waals surface area contributed by atoms with Crippen molar-refractivity contribution >= 4 is 28.8 Å². The van der Waals surface area contributed by atoms with Crippen LogP contribution in [0.2, 0.25) is 0 Å². The minimum Gasteiger partial charge on any atom is -0.484 e. The van der Waals surface area contributed by atoms with Crippen LogP contribution in [-0.4, -0.2) is 36.6 Å². The van der Waals surface area contributed by atoms with Crippen molar-refractivity contribution in [1.29, 1.82) is 0 Å². The maximum atomic E-state index is 13.6. The van der Waals surface area contributed by atoms with Gasteiger partial charge in [0.15, 0.2) is 11.5 Å². The number of ether oxygens (including phenoxy) is 1. The molecular formula is C22H24N3O3S+. The van der Waals surface area contributed by atoms with Crippen molar-refractivity contribution in [3.63, 3.8) is 0 Å². The molecule has 4 rings (SSSR count). The summed E-state index contributed by atoms with van der Waals surface area (Å²) >= 11 is 1.47. The van der Waals surface area contributed by atoms with Crippen molar-refractivity contribution in [1.82, 2.24) is 14.4 Å². The third kappa shape index (κ3) is 3.36. The Bertz CT molecular complexity index is 1080. The number of nitrogens with one attached hydrogen (secondary N) is 1. The number of thiophene rings is 1. The second kappa shape index (κ2) is 7.50. The molecular weight excluding hydrogens is 386 g/mol. The van der Waals surface area contributed by atoms with E-state index in [-0.39, 0.29) is 22.9 Å². The molecule has 0 radical (unpaired) electrons. The molecule has 150 valence electrons. The molecule has 6 nitrogen and oxygen atoms in total. The first kappa shape index (κ1) is 19.4. The summed E-state index contributed by atoms with van der Waals surface area (Å²) in [5, 5.41) is 4.68. The van der Waals surface area contributed by atoms with E-state index in [1.807, 2.05) is 43.6 Å². The molecule has 1 N–H and O–H groups in total. The normalized spacial score (nSPS) is 18.0. The molecule has 7 heteroatoms. The molecule has 1 unspecified atom stereocenters. The van der Waals surface area contributed by atoms with Crippen LogP contribution in [-0.2, 0) is 11.3 Å². The lowest BCUT2D eigenvalue weighted by atomic mass is 10.2. The van der Waals surface area contributed by atoms with E-state index in [0.29, 0.717) is 18.8 Å². The third-order valence-electron chi connectivity index (χ3n) is 5.29. The molecule has 0 bridgehead atoms. The molecule has 3 heterocycles. The van der Waals surface area contributed by atoms with E-state index in [9.17, 15) is 9.59 Å². The van der Waals surface area contributed by atoms with Gasteiger partial charge in [0.1, 0.15) is 18.0 Å². The number of fused-ring (bicyclic) bond motifs is 3. The van der Waals surface area contributed by atoms with Crippen molar-refractivity contribution in [2.75, 3.05) is 20.2 Å². The van der Waals surface area contributed by atoms with Crippen LogP contribution in [0.4, 0.5) is 5.69 Å². The van der Waals surface area contributed by atoms with Gasteiger partial charge in [-0.15, -0.1) is 11.3 Å². The molecule has 0 spiro atoms. The van der Waals surface area contributed by atoms with Gasteiger partial charge in [0.05, 0.1) is 18.4 Å². The van der Waals surface area contributed by atoms with Crippen molar-refractivity contribution < 1.29 is 14.3 Å². The molecule has 1 aliphatic heterocycles.